The number of ether oxygens (including phenoxy) is 1. The Morgan fingerprint density at radius 1 is 1.12 bits per heavy atom. The second kappa shape index (κ2) is 10.8. The van der Waals surface area contributed by atoms with Crippen molar-refractivity contribution in [2.75, 3.05) is 13.2 Å². The van der Waals surface area contributed by atoms with Crippen LogP contribution >= 0.6 is 23.2 Å². The molecule has 8 heteroatoms. The highest BCUT2D eigenvalue weighted by Gasteiger charge is 2.26. The minimum atomic E-state index is -0.418. The Bertz CT molecular complexity index is 1150. The zero-order valence-corrected chi connectivity index (χ0v) is 20.0. The van der Waals surface area contributed by atoms with Gasteiger partial charge in [-0.05, 0) is 62.7 Å². The lowest BCUT2D eigenvalue weighted by Gasteiger charge is -2.30. The summed E-state index contributed by atoms with van der Waals surface area (Å²) in [5, 5.41) is 1.61. The molecule has 0 N–H and O–H groups in total. The molecule has 0 fully saturated rings. The van der Waals surface area contributed by atoms with Gasteiger partial charge in [-0.1, -0.05) is 36.5 Å². The Morgan fingerprint density at radius 3 is 2.47 bits per heavy atom. The van der Waals surface area contributed by atoms with E-state index >= 15 is 0 Å². The van der Waals surface area contributed by atoms with Gasteiger partial charge >= 0.3 is 0 Å². The number of carbonyl (C=O) groups excluding carboxylic acids is 1. The Balaban J connectivity index is 1.92. The van der Waals surface area contributed by atoms with Gasteiger partial charge in [0, 0.05) is 23.1 Å². The molecule has 0 radical (unpaired) electrons. The summed E-state index contributed by atoms with van der Waals surface area (Å²) in [5.74, 6) is 0.919. The molecule has 0 aliphatic rings. The molecule has 0 saturated heterocycles. The monoisotopic (exact) mass is 475 g/mol. The van der Waals surface area contributed by atoms with Gasteiger partial charge in [0.1, 0.15) is 11.6 Å². The van der Waals surface area contributed by atoms with E-state index < -0.39 is 6.04 Å². The lowest BCUT2D eigenvalue weighted by Crippen LogP contribution is -2.40. The van der Waals surface area contributed by atoms with Gasteiger partial charge in [-0.3, -0.25) is 14.2 Å². The SMILES string of the molecule is CCCCN(C(=O)COc1ccc(Cl)cc1)C(C)c1nc2cc(Cl)ccc2c(=O)n1CC. The van der Waals surface area contributed by atoms with E-state index in [4.69, 9.17) is 32.9 Å². The fourth-order valence-corrected chi connectivity index (χ4v) is 3.89. The van der Waals surface area contributed by atoms with Crippen LogP contribution in [0.2, 0.25) is 10.0 Å². The fourth-order valence-electron chi connectivity index (χ4n) is 3.60. The van der Waals surface area contributed by atoms with Crippen LogP contribution in [-0.4, -0.2) is 33.5 Å². The largest absolute Gasteiger partial charge is 0.484 e. The molecule has 1 heterocycles. The van der Waals surface area contributed by atoms with Gasteiger partial charge < -0.3 is 9.64 Å². The highest BCUT2D eigenvalue weighted by Crippen LogP contribution is 2.23. The van der Waals surface area contributed by atoms with Gasteiger partial charge in [0.15, 0.2) is 6.61 Å². The lowest BCUT2D eigenvalue weighted by atomic mass is 10.2. The highest BCUT2D eigenvalue weighted by atomic mass is 35.5. The third-order valence-electron chi connectivity index (χ3n) is 5.35. The Hall–Kier alpha value is -2.57. The molecule has 6 nitrogen and oxygen atoms in total. The third-order valence-corrected chi connectivity index (χ3v) is 5.84. The standard InChI is InChI=1S/C24H27Cl2N3O3/c1-4-6-13-29(22(30)15-32-19-10-7-17(25)8-11-19)16(3)23-27-21-14-18(26)9-12-20(21)24(31)28(23)5-2/h7-12,14,16H,4-6,13,15H2,1-3H3. The number of benzene rings is 2. The average Bonchev–Trinajstić information content (AvgIpc) is 2.78. The van der Waals surface area contributed by atoms with Gasteiger partial charge in [-0.25, -0.2) is 4.98 Å². The maximum atomic E-state index is 13.1. The average molecular weight is 476 g/mol. The van der Waals surface area contributed by atoms with Gasteiger partial charge in [0.2, 0.25) is 0 Å². The molecular weight excluding hydrogens is 449 g/mol. The van der Waals surface area contributed by atoms with Gasteiger partial charge in [0.05, 0.1) is 16.9 Å². The first kappa shape index (κ1) is 24.1. The fraction of sp³-hybridized carbons (Fsp3) is 0.375. The van der Waals surface area contributed by atoms with Crippen molar-refractivity contribution in [3.63, 3.8) is 0 Å². The van der Waals surface area contributed by atoms with E-state index in [-0.39, 0.29) is 18.1 Å². The quantitative estimate of drug-likeness (QED) is 0.410. The number of unbranched alkanes of at least 4 members (excludes halogenated alkanes) is 1. The molecule has 1 unspecified atom stereocenters. The predicted octanol–water partition coefficient (Wildman–Crippen LogP) is 5.49. The van der Waals surface area contributed by atoms with Crippen molar-refractivity contribution in [2.45, 2.75) is 46.2 Å². The predicted molar refractivity (Wildman–Crippen MR) is 129 cm³/mol. The van der Waals surface area contributed by atoms with Crippen molar-refractivity contribution < 1.29 is 9.53 Å². The summed E-state index contributed by atoms with van der Waals surface area (Å²) in [7, 11) is 0. The Kier molecular flexibility index (Phi) is 8.15. The molecule has 170 valence electrons. The van der Waals surface area contributed by atoms with Gasteiger partial charge in [-0.2, -0.15) is 0 Å². The molecule has 0 bridgehead atoms. The number of hydrogen-bond acceptors (Lipinski definition) is 4. The number of carbonyl (C=O) groups is 1. The van der Waals surface area contributed by atoms with E-state index in [1.54, 1.807) is 51.9 Å². The minimum absolute atomic E-state index is 0.120. The van der Waals surface area contributed by atoms with Crippen molar-refractivity contribution >= 4 is 40.0 Å². The maximum absolute atomic E-state index is 13.1. The molecule has 0 aliphatic carbocycles. The first-order chi connectivity index (χ1) is 15.3. The molecule has 1 aromatic heterocycles. The molecule has 32 heavy (non-hydrogen) atoms. The van der Waals surface area contributed by atoms with Gasteiger partial charge in [-0.15, -0.1) is 0 Å². The van der Waals surface area contributed by atoms with Crippen LogP contribution in [0.25, 0.3) is 10.9 Å². The van der Waals surface area contributed by atoms with Crippen LogP contribution in [0, 0.1) is 0 Å². The number of fused-ring (bicyclic) bond motifs is 1. The molecular formula is C24H27Cl2N3O3. The smallest absolute Gasteiger partial charge is 0.261 e. The summed E-state index contributed by atoms with van der Waals surface area (Å²) in [4.78, 5) is 32.7. The van der Waals surface area contributed by atoms with E-state index in [0.29, 0.717) is 45.6 Å². The maximum Gasteiger partial charge on any atom is 0.261 e. The minimum Gasteiger partial charge on any atom is -0.484 e. The van der Waals surface area contributed by atoms with Crippen molar-refractivity contribution in [1.82, 2.24) is 14.5 Å². The van der Waals surface area contributed by atoms with E-state index in [9.17, 15) is 9.59 Å². The number of aromatic nitrogens is 2. The van der Waals surface area contributed by atoms with E-state index in [1.807, 2.05) is 13.8 Å². The van der Waals surface area contributed by atoms with Crippen LogP contribution in [0.3, 0.4) is 0 Å². The summed E-state index contributed by atoms with van der Waals surface area (Å²) in [6, 6.07) is 11.5. The van der Waals surface area contributed by atoms with Crippen LogP contribution in [0.5, 0.6) is 5.75 Å². The zero-order chi connectivity index (χ0) is 23.3. The molecule has 3 aromatic rings. The van der Waals surface area contributed by atoms with Crippen molar-refractivity contribution in [2.24, 2.45) is 0 Å². The Labute approximate surface area is 197 Å². The van der Waals surface area contributed by atoms with E-state index in [0.717, 1.165) is 12.8 Å². The molecule has 0 saturated carbocycles. The Morgan fingerprint density at radius 2 is 1.81 bits per heavy atom. The second-order valence-corrected chi connectivity index (χ2v) is 8.41. The molecule has 3 rings (SSSR count). The van der Waals surface area contributed by atoms with Gasteiger partial charge in [0.25, 0.3) is 11.5 Å². The zero-order valence-electron chi connectivity index (χ0n) is 18.5. The lowest BCUT2D eigenvalue weighted by molar-refractivity contribution is -0.135. The first-order valence-corrected chi connectivity index (χ1v) is 11.5. The summed E-state index contributed by atoms with van der Waals surface area (Å²) >= 11 is 12.0. The van der Waals surface area contributed by atoms with Crippen LogP contribution < -0.4 is 10.3 Å². The number of hydrogen-bond donors (Lipinski definition) is 0. The molecule has 2 aromatic carbocycles. The van der Waals surface area contributed by atoms with Crippen molar-refractivity contribution in [3.8, 4) is 5.75 Å². The summed E-state index contributed by atoms with van der Waals surface area (Å²) in [6.07, 6.45) is 1.75. The van der Waals surface area contributed by atoms with Crippen LogP contribution in [0.15, 0.2) is 47.3 Å². The summed E-state index contributed by atoms with van der Waals surface area (Å²) < 4.78 is 7.30. The van der Waals surface area contributed by atoms with Crippen molar-refractivity contribution in [3.05, 3.63) is 68.7 Å². The molecule has 0 spiro atoms. The topological polar surface area (TPSA) is 64.4 Å². The van der Waals surface area contributed by atoms with Crippen LogP contribution in [-0.2, 0) is 11.3 Å². The van der Waals surface area contributed by atoms with Crippen molar-refractivity contribution in [1.29, 1.82) is 0 Å². The van der Waals surface area contributed by atoms with E-state index in [2.05, 4.69) is 6.92 Å². The molecule has 1 atom stereocenters. The number of rotatable bonds is 9. The van der Waals surface area contributed by atoms with Crippen LogP contribution in [0.1, 0.15) is 45.5 Å². The number of halogens is 2. The first-order valence-electron chi connectivity index (χ1n) is 10.7. The second-order valence-electron chi connectivity index (χ2n) is 7.54. The van der Waals surface area contributed by atoms with Crippen LogP contribution in [0.4, 0.5) is 0 Å². The number of nitrogens with zero attached hydrogens (tertiary/aromatic N) is 3. The summed E-state index contributed by atoms with van der Waals surface area (Å²) in [5.41, 5.74) is 0.380. The molecule has 0 aliphatic heterocycles. The molecule has 1 amide bonds. The van der Waals surface area contributed by atoms with E-state index in [1.165, 1.54) is 0 Å². The summed E-state index contributed by atoms with van der Waals surface area (Å²) in [6.45, 7) is 6.71. The highest BCUT2D eigenvalue weighted by molar-refractivity contribution is 6.31. The normalized spacial score (nSPS) is 12.0. The third kappa shape index (κ3) is 5.43. The number of amides is 1.